The summed E-state index contributed by atoms with van der Waals surface area (Å²) >= 11 is 0. The first-order valence-electron chi connectivity index (χ1n) is 10.2. The quantitative estimate of drug-likeness (QED) is 0.613. The first kappa shape index (κ1) is 23.1. The summed E-state index contributed by atoms with van der Waals surface area (Å²) < 4.78 is 17.2. The van der Waals surface area contributed by atoms with Gasteiger partial charge in [-0.2, -0.15) is 0 Å². The summed E-state index contributed by atoms with van der Waals surface area (Å²) in [6.07, 6.45) is -0.111. The molecule has 1 aliphatic rings. The molecule has 1 aliphatic heterocycles. The molecule has 1 saturated heterocycles. The predicted octanol–water partition coefficient (Wildman–Crippen LogP) is 1.68. The Balaban J connectivity index is 1.86. The molecular formula is C23H30N2O6. The van der Waals surface area contributed by atoms with Crippen molar-refractivity contribution >= 4 is 5.91 Å². The van der Waals surface area contributed by atoms with Gasteiger partial charge in [0.15, 0.2) is 0 Å². The third-order valence-corrected chi connectivity index (χ3v) is 5.37. The van der Waals surface area contributed by atoms with Gasteiger partial charge in [0, 0.05) is 38.5 Å². The van der Waals surface area contributed by atoms with E-state index in [0.717, 1.165) is 16.7 Å². The molecule has 0 unspecified atom stereocenters. The van der Waals surface area contributed by atoms with Crippen molar-refractivity contribution in [3.8, 4) is 16.9 Å². The van der Waals surface area contributed by atoms with Crippen LogP contribution in [0.2, 0.25) is 0 Å². The van der Waals surface area contributed by atoms with Gasteiger partial charge in [-0.05, 0) is 49.6 Å². The van der Waals surface area contributed by atoms with Crippen molar-refractivity contribution in [2.75, 3.05) is 13.7 Å². The number of aliphatic hydroxyl groups is 2. The fraction of sp³-hybridized carbons (Fsp3) is 0.478. The Kier molecular flexibility index (Phi) is 7.27. The first-order chi connectivity index (χ1) is 14.7. The normalized spacial score (nSPS) is 25.1. The summed E-state index contributed by atoms with van der Waals surface area (Å²) in [5.74, 6) is 0.395. The van der Waals surface area contributed by atoms with Crippen LogP contribution in [-0.2, 0) is 20.7 Å². The van der Waals surface area contributed by atoms with E-state index in [1.165, 1.54) is 14.0 Å². The molecule has 3 rings (SSSR count). The number of hydrogen-bond acceptors (Lipinski definition) is 7. The molecule has 2 aromatic rings. The Bertz CT molecular complexity index is 889. The lowest BCUT2D eigenvalue weighted by Gasteiger charge is -2.46. The van der Waals surface area contributed by atoms with Crippen molar-refractivity contribution < 1.29 is 29.2 Å². The molecule has 0 saturated carbocycles. The first-order valence-corrected chi connectivity index (χ1v) is 10.2. The number of carbonyl (C=O) groups is 1. The number of amides is 1. The number of aromatic nitrogens is 1. The van der Waals surface area contributed by atoms with Crippen LogP contribution in [0, 0.1) is 0 Å². The number of nitrogens with one attached hydrogen (secondary N) is 1. The van der Waals surface area contributed by atoms with Gasteiger partial charge in [-0.1, -0.05) is 12.1 Å². The maximum atomic E-state index is 11.2. The lowest BCUT2D eigenvalue weighted by Crippen LogP contribution is -2.63. The van der Waals surface area contributed by atoms with Crippen LogP contribution in [0.4, 0.5) is 0 Å². The third-order valence-electron chi connectivity index (χ3n) is 5.37. The van der Waals surface area contributed by atoms with Gasteiger partial charge < -0.3 is 29.7 Å². The van der Waals surface area contributed by atoms with Gasteiger partial charge in [0.05, 0.1) is 5.60 Å². The number of benzene rings is 1. The average Bonchev–Trinajstić information content (AvgIpc) is 2.73. The van der Waals surface area contributed by atoms with E-state index in [9.17, 15) is 15.0 Å². The number of nitrogens with zero attached hydrogens (tertiary/aromatic N) is 1. The van der Waals surface area contributed by atoms with Gasteiger partial charge in [0.2, 0.25) is 12.2 Å². The summed E-state index contributed by atoms with van der Waals surface area (Å²) in [6.45, 7) is 5.54. The number of pyridine rings is 1. The maximum Gasteiger partial charge on any atom is 0.229 e. The summed E-state index contributed by atoms with van der Waals surface area (Å²) in [4.78, 5) is 15.4. The number of rotatable bonds is 7. The number of methoxy groups -OCH3 is 1. The van der Waals surface area contributed by atoms with Crippen LogP contribution >= 0.6 is 0 Å². The Hall–Kier alpha value is -2.52. The van der Waals surface area contributed by atoms with Gasteiger partial charge in [0.1, 0.15) is 24.1 Å². The van der Waals surface area contributed by atoms with Crippen molar-refractivity contribution in [3.05, 3.63) is 48.3 Å². The van der Waals surface area contributed by atoms with E-state index < -0.39 is 30.2 Å². The van der Waals surface area contributed by atoms with E-state index in [1.807, 2.05) is 24.3 Å². The zero-order valence-corrected chi connectivity index (χ0v) is 18.2. The monoisotopic (exact) mass is 430 g/mol. The van der Waals surface area contributed by atoms with E-state index in [4.69, 9.17) is 14.2 Å². The molecule has 2 heterocycles. The van der Waals surface area contributed by atoms with Gasteiger partial charge in [0.25, 0.3) is 0 Å². The van der Waals surface area contributed by atoms with Crippen molar-refractivity contribution in [2.24, 2.45) is 0 Å². The van der Waals surface area contributed by atoms with Crippen LogP contribution in [0.1, 0.15) is 26.3 Å². The molecule has 1 aromatic carbocycles. The highest BCUT2D eigenvalue weighted by Gasteiger charge is 2.50. The van der Waals surface area contributed by atoms with Gasteiger partial charge in [-0.15, -0.1) is 0 Å². The summed E-state index contributed by atoms with van der Waals surface area (Å²) in [5.41, 5.74) is 1.95. The second-order valence-electron chi connectivity index (χ2n) is 8.14. The minimum atomic E-state index is -1.28. The Labute approximate surface area is 182 Å². The molecule has 3 N–H and O–H groups in total. The number of ether oxygens (including phenoxy) is 3. The highest BCUT2D eigenvalue weighted by molar-refractivity contribution is 5.73. The molecular weight excluding hydrogens is 400 g/mol. The predicted molar refractivity (Wildman–Crippen MR) is 114 cm³/mol. The molecule has 31 heavy (non-hydrogen) atoms. The lowest BCUT2D eigenvalue weighted by molar-refractivity contribution is -0.305. The summed E-state index contributed by atoms with van der Waals surface area (Å²) in [6, 6.07) is 9.32. The molecule has 0 bridgehead atoms. The maximum absolute atomic E-state index is 11.2. The minimum absolute atomic E-state index is 0.0816. The molecule has 8 nitrogen and oxygen atoms in total. The second-order valence-corrected chi connectivity index (χ2v) is 8.14. The molecule has 0 spiro atoms. The third kappa shape index (κ3) is 5.40. The highest BCUT2D eigenvalue weighted by atomic mass is 16.7. The molecule has 1 aromatic heterocycles. The Morgan fingerprint density at radius 3 is 2.68 bits per heavy atom. The molecule has 0 aliphatic carbocycles. The van der Waals surface area contributed by atoms with Crippen LogP contribution in [0.5, 0.6) is 5.75 Å². The largest absolute Gasteiger partial charge is 0.462 e. The Morgan fingerprint density at radius 2 is 2.03 bits per heavy atom. The number of carbonyl (C=O) groups excluding carboxylic acids is 1. The molecule has 0 radical (unpaired) electrons. The molecule has 168 valence electrons. The van der Waals surface area contributed by atoms with Crippen LogP contribution in [-0.4, -0.2) is 65.0 Å². The lowest BCUT2D eigenvalue weighted by atomic mass is 9.89. The summed E-state index contributed by atoms with van der Waals surface area (Å²) in [7, 11) is 1.47. The topological polar surface area (TPSA) is 110 Å². The molecule has 1 amide bonds. The molecule has 8 heteroatoms. The fourth-order valence-electron chi connectivity index (χ4n) is 3.85. The minimum Gasteiger partial charge on any atom is -0.462 e. The van der Waals surface area contributed by atoms with Gasteiger partial charge in [-0.25, -0.2) is 0 Å². The van der Waals surface area contributed by atoms with Crippen LogP contribution < -0.4 is 10.1 Å². The average molecular weight is 431 g/mol. The van der Waals surface area contributed by atoms with E-state index >= 15 is 0 Å². The second kappa shape index (κ2) is 9.74. The Morgan fingerprint density at radius 1 is 1.26 bits per heavy atom. The zero-order valence-electron chi connectivity index (χ0n) is 18.2. The molecule has 4 atom stereocenters. The standard InChI is InChI=1S/C23H30N2O6/c1-14(26)25-11-9-15-7-8-17(12-18(15)16-6-5-10-24-13-16)30-22-20(28)19(27)21(29-4)23(2,3)31-22/h5-8,10,12-13,19-22,27-28H,9,11H2,1-4H3,(H,25,26)/t19-,20+,21+,22+/m0/s1. The smallest absolute Gasteiger partial charge is 0.229 e. The van der Waals surface area contributed by atoms with Crippen molar-refractivity contribution in [1.29, 1.82) is 0 Å². The van der Waals surface area contributed by atoms with Crippen molar-refractivity contribution in [2.45, 2.75) is 57.4 Å². The van der Waals surface area contributed by atoms with Gasteiger partial charge in [-0.3, -0.25) is 9.78 Å². The van der Waals surface area contributed by atoms with Crippen molar-refractivity contribution in [1.82, 2.24) is 10.3 Å². The molecule has 1 fully saturated rings. The van der Waals surface area contributed by atoms with Crippen LogP contribution in [0.15, 0.2) is 42.7 Å². The van der Waals surface area contributed by atoms with E-state index in [2.05, 4.69) is 10.3 Å². The summed E-state index contributed by atoms with van der Waals surface area (Å²) in [5, 5.41) is 23.8. The SMILES string of the molecule is CO[C@@H]1[C@@H](O)[C@@H](O)[C@H](Oc2ccc(CCNC(C)=O)c(-c3cccnc3)c2)OC1(C)C. The van der Waals surface area contributed by atoms with Crippen molar-refractivity contribution in [3.63, 3.8) is 0 Å². The number of aliphatic hydroxyl groups excluding tert-OH is 2. The highest BCUT2D eigenvalue weighted by Crippen LogP contribution is 2.34. The van der Waals surface area contributed by atoms with E-state index in [1.54, 1.807) is 32.3 Å². The fourth-order valence-corrected chi connectivity index (χ4v) is 3.85. The van der Waals surface area contributed by atoms with E-state index in [0.29, 0.717) is 18.7 Å². The van der Waals surface area contributed by atoms with E-state index in [-0.39, 0.29) is 5.91 Å². The number of hydrogen-bond donors (Lipinski definition) is 3. The zero-order chi connectivity index (χ0) is 22.6. The van der Waals surface area contributed by atoms with Crippen LogP contribution in [0.25, 0.3) is 11.1 Å². The van der Waals surface area contributed by atoms with Crippen LogP contribution in [0.3, 0.4) is 0 Å². The van der Waals surface area contributed by atoms with Gasteiger partial charge >= 0.3 is 0 Å².